The van der Waals surface area contributed by atoms with Gasteiger partial charge in [-0.1, -0.05) is 0 Å². The first kappa shape index (κ1) is 11.3. The molecule has 0 saturated carbocycles. The third-order valence-corrected chi connectivity index (χ3v) is 3.65. The summed E-state index contributed by atoms with van der Waals surface area (Å²) in [6, 6.07) is 0. The van der Waals surface area contributed by atoms with Gasteiger partial charge in [-0.25, -0.2) is 0 Å². The minimum atomic E-state index is -0.0150. The van der Waals surface area contributed by atoms with Crippen molar-refractivity contribution in [1.29, 1.82) is 0 Å². The second-order valence-electron chi connectivity index (χ2n) is 2.52. The van der Waals surface area contributed by atoms with E-state index < -0.39 is 0 Å². The maximum atomic E-state index is 11.1. The summed E-state index contributed by atoms with van der Waals surface area (Å²) in [4.78, 5) is 13.3. The molecule has 0 N–H and O–H groups in total. The topological polar surface area (TPSA) is 26.3 Å². The SMILES string of the molecule is CCCOC(=O)C(C)C[Te]C. The molecule has 0 aromatic carbocycles. The molecule has 66 valence electrons. The van der Waals surface area contributed by atoms with E-state index in [0.29, 0.717) is 6.61 Å². The van der Waals surface area contributed by atoms with Crippen molar-refractivity contribution in [2.45, 2.75) is 29.7 Å². The van der Waals surface area contributed by atoms with E-state index in [9.17, 15) is 4.79 Å². The van der Waals surface area contributed by atoms with E-state index >= 15 is 0 Å². The molecule has 0 fully saturated rings. The molecule has 2 nitrogen and oxygen atoms in total. The maximum absolute atomic E-state index is 11.1. The third kappa shape index (κ3) is 5.52. The second kappa shape index (κ2) is 6.94. The average molecular weight is 272 g/mol. The van der Waals surface area contributed by atoms with E-state index in [4.69, 9.17) is 4.74 Å². The molecule has 3 heteroatoms. The summed E-state index contributed by atoms with van der Waals surface area (Å²) in [6.45, 7) is 4.53. The zero-order valence-corrected chi connectivity index (χ0v) is 9.75. The number of hydrogen-bond acceptors (Lipinski definition) is 2. The van der Waals surface area contributed by atoms with Crippen LogP contribution < -0.4 is 0 Å². The number of esters is 1. The molecule has 0 amide bonds. The van der Waals surface area contributed by atoms with Crippen molar-refractivity contribution in [2.75, 3.05) is 6.61 Å². The predicted octanol–water partition coefficient (Wildman–Crippen LogP) is 1.75. The first-order valence-electron chi connectivity index (χ1n) is 3.88. The Morgan fingerprint density at radius 2 is 2.27 bits per heavy atom. The summed E-state index contributed by atoms with van der Waals surface area (Å²) >= 11 is 0.0665. The van der Waals surface area contributed by atoms with Gasteiger partial charge in [0.05, 0.1) is 0 Å². The summed E-state index contributed by atoms with van der Waals surface area (Å²) in [5.41, 5.74) is 0. The van der Waals surface area contributed by atoms with Gasteiger partial charge in [0, 0.05) is 0 Å². The molecule has 0 aliphatic carbocycles. The van der Waals surface area contributed by atoms with Gasteiger partial charge in [0.1, 0.15) is 0 Å². The van der Waals surface area contributed by atoms with Gasteiger partial charge in [-0.15, -0.1) is 0 Å². The molecule has 0 bridgehead atoms. The normalized spacial score (nSPS) is 12.6. The molecule has 0 aliphatic rings. The molecule has 0 aliphatic heterocycles. The van der Waals surface area contributed by atoms with Crippen LogP contribution in [0.2, 0.25) is 9.44 Å². The van der Waals surface area contributed by atoms with Gasteiger partial charge in [-0.2, -0.15) is 0 Å². The summed E-state index contributed by atoms with van der Waals surface area (Å²) in [5, 5.41) is 0. The van der Waals surface area contributed by atoms with Crippen molar-refractivity contribution >= 4 is 26.9 Å². The van der Waals surface area contributed by atoms with Crippen LogP contribution in [0, 0.1) is 5.92 Å². The first-order valence-corrected chi connectivity index (χ1v) is 7.85. The van der Waals surface area contributed by atoms with E-state index in [2.05, 4.69) is 4.97 Å². The molecule has 11 heavy (non-hydrogen) atoms. The standard InChI is InChI=1S/C8H16O2Te/c1-4-5-10-8(9)7(2)6-11-3/h7H,4-6H2,1-3H3. The third-order valence-electron chi connectivity index (χ3n) is 1.27. The van der Waals surface area contributed by atoms with Crippen LogP contribution in [0.4, 0.5) is 0 Å². The minimum absolute atomic E-state index is 0.0150. The van der Waals surface area contributed by atoms with Gasteiger partial charge in [0.15, 0.2) is 0 Å². The summed E-state index contributed by atoms with van der Waals surface area (Å²) in [5.74, 6) is 0.118. The molecule has 0 radical (unpaired) electrons. The summed E-state index contributed by atoms with van der Waals surface area (Å²) < 4.78 is 6.05. The van der Waals surface area contributed by atoms with Crippen LogP contribution in [0.5, 0.6) is 0 Å². The van der Waals surface area contributed by atoms with Gasteiger partial charge >= 0.3 is 78.7 Å². The monoisotopic (exact) mass is 274 g/mol. The van der Waals surface area contributed by atoms with Crippen molar-refractivity contribution < 1.29 is 9.53 Å². The van der Waals surface area contributed by atoms with E-state index in [-0.39, 0.29) is 32.8 Å². The molecule has 0 rings (SSSR count). The van der Waals surface area contributed by atoms with Crippen molar-refractivity contribution in [1.82, 2.24) is 0 Å². The molecular formula is C8H16O2Te. The zero-order chi connectivity index (χ0) is 8.69. The fourth-order valence-electron chi connectivity index (χ4n) is 0.663. The van der Waals surface area contributed by atoms with Crippen molar-refractivity contribution in [3.63, 3.8) is 0 Å². The number of carbonyl (C=O) groups is 1. The number of carbonyl (C=O) groups excluding carboxylic acids is 1. The molecule has 1 unspecified atom stereocenters. The Labute approximate surface area is 78.8 Å². The van der Waals surface area contributed by atoms with Crippen molar-refractivity contribution in [3.8, 4) is 0 Å². The Morgan fingerprint density at radius 3 is 2.73 bits per heavy atom. The van der Waals surface area contributed by atoms with Crippen molar-refractivity contribution in [3.05, 3.63) is 0 Å². The van der Waals surface area contributed by atoms with E-state index in [1.807, 2.05) is 13.8 Å². The fourth-order valence-corrected chi connectivity index (χ4v) is 2.48. The Balaban J connectivity index is 3.47. The molecule has 1 atom stereocenters. The Hall–Kier alpha value is 0.260. The van der Waals surface area contributed by atoms with Crippen LogP contribution in [0.3, 0.4) is 0 Å². The van der Waals surface area contributed by atoms with Gasteiger partial charge in [-0.3, -0.25) is 0 Å². The molecule has 0 aromatic rings. The average Bonchev–Trinajstić information content (AvgIpc) is 2.00. The number of hydrogen-bond donors (Lipinski definition) is 0. The van der Waals surface area contributed by atoms with E-state index in [1.165, 1.54) is 0 Å². The Kier molecular flexibility index (Phi) is 7.10. The van der Waals surface area contributed by atoms with Crippen LogP contribution in [0.15, 0.2) is 0 Å². The molecule has 0 saturated heterocycles. The van der Waals surface area contributed by atoms with E-state index in [1.54, 1.807) is 0 Å². The van der Waals surface area contributed by atoms with Gasteiger partial charge in [0.2, 0.25) is 0 Å². The molecule has 0 spiro atoms. The van der Waals surface area contributed by atoms with Gasteiger partial charge < -0.3 is 0 Å². The quantitative estimate of drug-likeness (QED) is 0.563. The number of rotatable bonds is 5. The second-order valence-corrected chi connectivity index (χ2v) is 5.12. The van der Waals surface area contributed by atoms with Gasteiger partial charge in [-0.05, 0) is 0 Å². The number of ether oxygens (including phenoxy) is 1. The van der Waals surface area contributed by atoms with Crippen LogP contribution >= 0.6 is 0 Å². The fraction of sp³-hybridized carbons (Fsp3) is 0.875. The molecular weight excluding hydrogens is 256 g/mol. The Bertz CT molecular complexity index is 115. The first-order chi connectivity index (χ1) is 5.22. The molecule has 0 heterocycles. The summed E-state index contributed by atoms with van der Waals surface area (Å²) in [7, 11) is 0. The predicted molar refractivity (Wildman–Crippen MR) is 46.8 cm³/mol. The van der Waals surface area contributed by atoms with Gasteiger partial charge in [0.25, 0.3) is 0 Å². The van der Waals surface area contributed by atoms with Crippen LogP contribution in [-0.2, 0) is 9.53 Å². The Morgan fingerprint density at radius 1 is 1.64 bits per heavy atom. The van der Waals surface area contributed by atoms with Crippen LogP contribution in [0.1, 0.15) is 20.3 Å². The van der Waals surface area contributed by atoms with Crippen LogP contribution in [0.25, 0.3) is 0 Å². The molecule has 0 aromatic heterocycles. The zero-order valence-electron chi connectivity index (χ0n) is 7.42. The van der Waals surface area contributed by atoms with Crippen molar-refractivity contribution in [2.24, 2.45) is 5.92 Å². The summed E-state index contributed by atoms with van der Waals surface area (Å²) in [6.07, 6.45) is 0.918. The van der Waals surface area contributed by atoms with E-state index in [0.717, 1.165) is 10.9 Å². The van der Waals surface area contributed by atoms with Crippen LogP contribution in [-0.4, -0.2) is 33.5 Å².